The Bertz CT molecular complexity index is 1190. The summed E-state index contributed by atoms with van der Waals surface area (Å²) in [7, 11) is 0. The van der Waals surface area contributed by atoms with Gasteiger partial charge in [0, 0.05) is 22.2 Å². The molecule has 0 bridgehead atoms. The fourth-order valence-corrected chi connectivity index (χ4v) is 5.07. The van der Waals surface area contributed by atoms with Crippen LogP contribution in [0.3, 0.4) is 0 Å². The van der Waals surface area contributed by atoms with Crippen LogP contribution < -0.4 is 5.32 Å². The predicted octanol–water partition coefficient (Wildman–Crippen LogP) is 7.60. The average molecular weight is 378 g/mol. The van der Waals surface area contributed by atoms with E-state index in [1.54, 1.807) is 0 Å². The van der Waals surface area contributed by atoms with Gasteiger partial charge in [-0.15, -0.1) is 0 Å². The molecule has 0 aliphatic heterocycles. The second-order valence-electron chi connectivity index (χ2n) is 9.29. The Labute approximate surface area is 173 Å². The fourth-order valence-electron chi connectivity index (χ4n) is 5.07. The van der Waals surface area contributed by atoms with E-state index in [4.69, 9.17) is 0 Å². The minimum atomic E-state index is -0.00363. The van der Waals surface area contributed by atoms with Crippen molar-refractivity contribution in [1.29, 1.82) is 0 Å². The molecular formula is C28H27N. The third kappa shape index (κ3) is 2.54. The normalized spacial score (nSPS) is 17.2. The van der Waals surface area contributed by atoms with E-state index in [9.17, 15) is 0 Å². The second kappa shape index (κ2) is 5.97. The van der Waals surface area contributed by atoms with E-state index in [1.807, 2.05) is 6.08 Å². The van der Waals surface area contributed by atoms with E-state index in [1.165, 1.54) is 39.0 Å². The predicted molar refractivity (Wildman–Crippen MR) is 125 cm³/mol. The molecule has 2 aliphatic carbocycles. The van der Waals surface area contributed by atoms with Crippen LogP contribution >= 0.6 is 0 Å². The maximum atomic E-state index is 3.99. The van der Waals surface area contributed by atoms with Crippen LogP contribution in [0.25, 0.3) is 17.2 Å². The topological polar surface area (TPSA) is 12.0 Å². The molecule has 0 spiro atoms. The molecule has 29 heavy (non-hydrogen) atoms. The quantitative estimate of drug-likeness (QED) is 0.495. The highest BCUT2D eigenvalue weighted by molar-refractivity contribution is 5.83. The van der Waals surface area contributed by atoms with Gasteiger partial charge in [0.15, 0.2) is 0 Å². The van der Waals surface area contributed by atoms with E-state index >= 15 is 0 Å². The van der Waals surface area contributed by atoms with Crippen molar-refractivity contribution in [3.05, 3.63) is 101 Å². The average Bonchev–Trinajstić information content (AvgIpc) is 3.10. The zero-order valence-electron chi connectivity index (χ0n) is 17.6. The van der Waals surface area contributed by atoms with Crippen LogP contribution in [-0.2, 0) is 10.8 Å². The van der Waals surface area contributed by atoms with Crippen molar-refractivity contribution in [2.45, 2.75) is 38.5 Å². The number of fused-ring (bicyclic) bond motifs is 4. The van der Waals surface area contributed by atoms with Crippen LogP contribution in [0.5, 0.6) is 0 Å². The van der Waals surface area contributed by atoms with Crippen molar-refractivity contribution < 1.29 is 0 Å². The Morgan fingerprint density at radius 2 is 1.38 bits per heavy atom. The van der Waals surface area contributed by atoms with Crippen molar-refractivity contribution in [1.82, 2.24) is 0 Å². The lowest BCUT2D eigenvalue weighted by molar-refractivity contribution is 0.655. The molecular weight excluding hydrogens is 350 g/mol. The van der Waals surface area contributed by atoms with E-state index < -0.39 is 0 Å². The molecule has 0 aromatic heterocycles. The molecule has 0 unspecified atom stereocenters. The van der Waals surface area contributed by atoms with Crippen molar-refractivity contribution in [3.63, 3.8) is 0 Å². The molecule has 0 saturated carbocycles. The number of benzene rings is 3. The molecule has 1 N–H and O–H groups in total. The standard InChI is InChI=1S/C28H27N/c1-6-19-15-18-11-12-20(16-25(18)27(19,2)3)29-21-13-14-23-22-9-7-8-10-24(22)28(4,5)26(23)17-21/h6-17,29H,1H2,2-5H3. The molecule has 144 valence electrons. The number of nitrogens with one attached hydrogen (secondary N) is 1. The fraction of sp³-hybridized carbons (Fsp3) is 0.214. The number of anilines is 2. The third-order valence-electron chi connectivity index (χ3n) is 6.85. The van der Waals surface area contributed by atoms with E-state index in [0.717, 1.165) is 11.4 Å². The molecule has 0 radical (unpaired) electrons. The van der Waals surface area contributed by atoms with Gasteiger partial charge < -0.3 is 5.32 Å². The van der Waals surface area contributed by atoms with Crippen LogP contribution in [0.2, 0.25) is 0 Å². The van der Waals surface area contributed by atoms with Crippen molar-refractivity contribution in [2.24, 2.45) is 0 Å². The molecule has 0 amide bonds. The van der Waals surface area contributed by atoms with E-state index in [0.29, 0.717) is 0 Å². The lowest BCUT2D eigenvalue weighted by Gasteiger charge is -2.24. The first-order valence-corrected chi connectivity index (χ1v) is 10.3. The largest absolute Gasteiger partial charge is 0.356 e. The Hall–Kier alpha value is -3.06. The zero-order valence-corrected chi connectivity index (χ0v) is 17.6. The van der Waals surface area contributed by atoms with E-state index in [2.05, 4.69) is 106 Å². The summed E-state index contributed by atoms with van der Waals surface area (Å²) in [6.45, 7) is 13.2. The highest BCUT2D eigenvalue weighted by Crippen LogP contribution is 2.49. The smallest absolute Gasteiger partial charge is 0.0387 e. The maximum Gasteiger partial charge on any atom is 0.0387 e. The van der Waals surface area contributed by atoms with Gasteiger partial charge in [-0.05, 0) is 63.2 Å². The van der Waals surface area contributed by atoms with Crippen LogP contribution in [0, 0.1) is 0 Å². The van der Waals surface area contributed by atoms with Crippen molar-refractivity contribution in [2.75, 3.05) is 5.32 Å². The van der Waals surface area contributed by atoms with Crippen LogP contribution in [0.15, 0.2) is 78.9 Å². The Kier molecular flexibility index (Phi) is 3.70. The number of rotatable bonds is 3. The Morgan fingerprint density at radius 1 is 0.724 bits per heavy atom. The molecule has 0 atom stereocenters. The van der Waals surface area contributed by atoms with Gasteiger partial charge >= 0.3 is 0 Å². The summed E-state index contributed by atoms with van der Waals surface area (Å²) in [5.74, 6) is 0. The lowest BCUT2D eigenvalue weighted by Crippen LogP contribution is -2.16. The van der Waals surface area contributed by atoms with Gasteiger partial charge in [-0.1, -0.05) is 82.8 Å². The van der Waals surface area contributed by atoms with Gasteiger partial charge in [0.25, 0.3) is 0 Å². The van der Waals surface area contributed by atoms with Crippen molar-refractivity contribution >= 4 is 17.5 Å². The number of hydrogen-bond acceptors (Lipinski definition) is 1. The van der Waals surface area contributed by atoms with Gasteiger partial charge in [-0.2, -0.15) is 0 Å². The Balaban J connectivity index is 1.51. The second-order valence-corrected chi connectivity index (χ2v) is 9.29. The molecule has 1 nitrogen and oxygen atoms in total. The van der Waals surface area contributed by atoms with Gasteiger partial charge in [0.1, 0.15) is 0 Å². The molecule has 2 aliphatic rings. The summed E-state index contributed by atoms with van der Waals surface area (Å²) in [6, 6.07) is 22.2. The minimum absolute atomic E-state index is 0.00363. The van der Waals surface area contributed by atoms with E-state index in [-0.39, 0.29) is 10.8 Å². The highest BCUT2D eigenvalue weighted by Gasteiger charge is 2.35. The summed E-state index contributed by atoms with van der Waals surface area (Å²) in [6.07, 6.45) is 4.23. The Morgan fingerprint density at radius 3 is 2.14 bits per heavy atom. The molecule has 0 saturated heterocycles. The van der Waals surface area contributed by atoms with Gasteiger partial charge in [-0.25, -0.2) is 0 Å². The van der Waals surface area contributed by atoms with Crippen LogP contribution in [0.1, 0.15) is 49.9 Å². The molecule has 1 heteroatoms. The summed E-state index contributed by atoms with van der Waals surface area (Å²) >= 11 is 0. The first kappa shape index (κ1) is 18.0. The minimum Gasteiger partial charge on any atom is -0.356 e. The molecule has 0 heterocycles. The van der Waals surface area contributed by atoms with Crippen LogP contribution in [0.4, 0.5) is 11.4 Å². The SMILES string of the molecule is C=CC1=Cc2ccc(Nc3ccc4c(c3)C(C)(C)c3ccccc3-4)cc2C1(C)C. The number of hydrogen-bond donors (Lipinski definition) is 1. The lowest BCUT2D eigenvalue weighted by atomic mass is 9.81. The summed E-state index contributed by atoms with van der Waals surface area (Å²) in [5, 5.41) is 3.65. The molecule has 3 aromatic rings. The van der Waals surface area contributed by atoms with Crippen molar-refractivity contribution in [3.8, 4) is 11.1 Å². The molecule has 5 rings (SSSR count). The van der Waals surface area contributed by atoms with Crippen LogP contribution in [-0.4, -0.2) is 0 Å². The third-order valence-corrected chi connectivity index (χ3v) is 6.85. The first-order chi connectivity index (χ1) is 13.8. The monoisotopic (exact) mass is 377 g/mol. The summed E-state index contributed by atoms with van der Waals surface area (Å²) in [4.78, 5) is 0. The highest BCUT2D eigenvalue weighted by atomic mass is 14.9. The zero-order chi connectivity index (χ0) is 20.4. The van der Waals surface area contributed by atoms with Gasteiger partial charge in [0.05, 0.1) is 0 Å². The first-order valence-electron chi connectivity index (χ1n) is 10.3. The summed E-state index contributed by atoms with van der Waals surface area (Å²) in [5.41, 5.74) is 11.7. The molecule has 3 aromatic carbocycles. The van der Waals surface area contributed by atoms with Gasteiger partial charge in [0.2, 0.25) is 0 Å². The summed E-state index contributed by atoms with van der Waals surface area (Å²) < 4.78 is 0. The molecule has 0 fully saturated rings. The number of allylic oxidation sites excluding steroid dienone is 2. The maximum absolute atomic E-state index is 3.99. The van der Waals surface area contributed by atoms with Gasteiger partial charge in [-0.3, -0.25) is 0 Å².